The Bertz CT molecular complexity index is 1270. The molecule has 1 N–H and O–H groups in total. The van der Waals surface area contributed by atoms with Gasteiger partial charge < -0.3 is 10.1 Å². The predicted octanol–water partition coefficient (Wildman–Crippen LogP) is 4.48. The zero-order valence-corrected chi connectivity index (χ0v) is 18.6. The third-order valence-corrected chi connectivity index (χ3v) is 5.95. The molecule has 2 heterocycles. The van der Waals surface area contributed by atoms with E-state index in [1.807, 2.05) is 6.07 Å². The van der Waals surface area contributed by atoms with Crippen molar-refractivity contribution in [3.63, 3.8) is 0 Å². The zero-order valence-electron chi connectivity index (χ0n) is 17.7. The Balaban J connectivity index is 1.49. The van der Waals surface area contributed by atoms with E-state index in [1.165, 1.54) is 24.4 Å². The van der Waals surface area contributed by atoms with E-state index in [4.69, 9.17) is 4.74 Å². The lowest BCUT2D eigenvalue weighted by Crippen LogP contribution is -2.17. The molecule has 7 nitrogen and oxygen atoms in total. The average molecular weight is 447 g/mol. The van der Waals surface area contributed by atoms with E-state index < -0.39 is 5.97 Å². The van der Waals surface area contributed by atoms with Gasteiger partial charge in [0.25, 0.3) is 0 Å². The van der Waals surface area contributed by atoms with E-state index in [-0.39, 0.29) is 11.7 Å². The number of benzene rings is 2. The number of rotatable bonds is 7. The number of amides is 1. The third-order valence-electron chi connectivity index (χ3n) is 4.96. The van der Waals surface area contributed by atoms with Crippen LogP contribution in [0.3, 0.4) is 0 Å². The summed E-state index contributed by atoms with van der Waals surface area (Å²) >= 11 is 1.31. The number of anilines is 1. The lowest BCUT2D eigenvalue weighted by molar-refractivity contribution is -0.113. The van der Waals surface area contributed by atoms with Crippen LogP contribution in [0.25, 0.3) is 16.8 Å². The summed E-state index contributed by atoms with van der Waals surface area (Å²) in [5.41, 5.74) is 4.70. The normalized spacial score (nSPS) is 10.8. The quantitative estimate of drug-likeness (QED) is 0.333. The van der Waals surface area contributed by atoms with Gasteiger partial charge in [-0.2, -0.15) is 5.10 Å². The molecule has 0 aliphatic carbocycles. The first-order valence-corrected chi connectivity index (χ1v) is 11.1. The number of carbonyl (C=O) groups is 2. The van der Waals surface area contributed by atoms with Crippen molar-refractivity contribution in [2.24, 2.45) is 0 Å². The highest BCUT2D eigenvalue weighted by Crippen LogP contribution is 2.26. The second-order valence-electron chi connectivity index (χ2n) is 7.02. The van der Waals surface area contributed by atoms with Crippen molar-refractivity contribution in [2.45, 2.75) is 18.4 Å². The molecule has 4 rings (SSSR count). The maximum absolute atomic E-state index is 12.5. The van der Waals surface area contributed by atoms with Crippen LogP contribution in [0.5, 0.6) is 0 Å². The molecule has 0 unspecified atom stereocenters. The van der Waals surface area contributed by atoms with Crippen LogP contribution in [-0.2, 0) is 16.0 Å². The van der Waals surface area contributed by atoms with E-state index in [0.29, 0.717) is 16.3 Å². The van der Waals surface area contributed by atoms with E-state index in [1.54, 1.807) is 41.2 Å². The lowest BCUT2D eigenvalue weighted by atomic mass is 10.1. The fourth-order valence-electron chi connectivity index (χ4n) is 3.26. The van der Waals surface area contributed by atoms with Crippen LogP contribution in [0, 0.1) is 0 Å². The topological polar surface area (TPSA) is 85.6 Å². The number of hydrogen-bond donors (Lipinski definition) is 1. The highest BCUT2D eigenvalue weighted by molar-refractivity contribution is 8.00. The van der Waals surface area contributed by atoms with Gasteiger partial charge >= 0.3 is 5.97 Å². The van der Waals surface area contributed by atoms with Gasteiger partial charge in [-0.05, 0) is 30.2 Å². The Labute approximate surface area is 189 Å². The summed E-state index contributed by atoms with van der Waals surface area (Å²) in [5.74, 6) is -0.614. The van der Waals surface area contributed by atoms with E-state index >= 15 is 0 Å². The number of fused-ring (bicyclic) bond motifs is 1. The number of thioether (sulfide) groups is 1. The van der Waals surface area contributed by atoms with Crippen LogP contribution in [-0.4, -0.2) is 39.3 Å². The summed E-state index contributed by atoms with van der Waals surface area (Å²) in [4.78, 5) is 28.9. The first kappa shape index (κ1) is 21.6. The Morgan fingerprint density at radius 1 is 1.12 bits per heavy atom. The van der Waals surface area contributed by atoms with E-state index in [9.17, 15) is 9.59 Å². The first-order valence-electron chi connectivity index (χ1n) is 10.1. The van der Waals surface area contributed by atoms with Gasteiger partial charge in [0.15, 0.2) is 0 Å². The Morgan fingerprint density at radius 3 is 2.66 bits per heavy atom. The minimum Gasteiger partial charge on any atom is -0.465 e. The Hall–Kier alpha value is -3.65. The molecule has 1 amide bonds. The molecule has 0 saturated carbocycles. The van der Waals surface area contributed by atoms with Crippen molar-refractivity contribution in [3.8, 4) is 11.3 Å². The van der Waals surface area contributed by atoms with Gasteiger partial charge in [0.2, 0.25) is 5.91 Å². The van der Waals surface area contributed by atoms with Gasteiger partial charge in [-0.15, -0.1) is 0 Å². The summed E-state index contributed by atoms with van der Waals surface area (Å²) in [6.45, 7) is 2.12. The van der Waals surface area contributed by atoms with Crippen molar-refractivity contribution in [1.82, 2.24) is 14.6 Å². The molecule has 4 aromatic rings. The fourth-order valence-corrected chi connectivity index (χ4v) is 4.04. The molecular formula is C24H22N4O3S. The molecule has 0 aliphatic heterocycles. The van der Waals surface area contributed by atoms with Crippen molar-refractivity contribution in [1.29, 1.82) is 0 Å². The predicted molar refractivity (Wildman–Crippen MR) is 125 cm³/mol. The Kier molecular flexibility index (Phi) is 6.51. The van der Waals surface area contributed by atoms with Crippen LogP contribution >= 0.6 is 11.8 Å². The number of esters is 1. The molecule has 2 aromatic carbocycles. The molecule has 0 radical (unpaired) electrons. The second-order valence-corrected chi connectivity index (χ2v) is 7.98. The number of carbonyl (C=O) groups excluding carboxylic acids is 2. The first-order chi connectivity index (χ1) is 15.6. The van der Waals surface area contributed by atoms with Crippen LogP contribution in [0.2, 0.25) is 0 Å². The molecule has 2 aromatic heterocycles. The number of methoxy groups -OCH3 is 1. The van der Waals surface area contributed by atoms with E-state index in [2.05, 4.69) is 46.6 Å². The van der Waals surface area contributed by atoms with Crippen molar-refractivity contribution in [3.05, 3.63) is 78.1 Å². The second kappa shape index (κ2) is 9.65. The summed E-state index contributed by atoms with van der Waals surface area (Å²) in [6, 6.07) is 17.0. The molecule has 0 saturated heterocycles. The molecule has 0 fully saturated rings. The number of aromatic nitrogens is 3. The van der Waals surface area contributed by atoms with Gasteiger partial charge in [-0.3, -0.25) is 4.79 Å². The molecular weight excluding hydrogens is 424 g/mol. The summed E-state index contributed by atoms with van der Waals surface area (Å²) in [7, 11) is 1.31. The van der Waals surface area contributed by atoms with Crippen molar-refractivity contribution < 1.29 is 14.3 Å². The van der Waals surface area contributed by atoms with Gasteiger partial charge in [0.1, 0.15) is 5.03 Å². The number of hydrogen-bond acceptors (Lipinski definition) is 6. The lowest BCUT2D eigenvalue weighted by Gasteiger charge is -2.09. The number of aryl methyl sites for hydroxylation is 1. The third kappa shape index (κ3) is 4.65. The largest absolute Gasteiger partial charge is 0.465 e. The van der Waals surface area contributed by atoms with Gasteiger partial charge in [0.05, 0.1) is 35.3 Å². The molecule has 0 aliphatic rings. The molecule has 8 heteroatoms. The number of ether oxygens (including phenoxy) is 1. The summed E-state index contributed by atoms with van der Waals surface area (Å²) in [6.07, 6.45) is 4.44. The van der Waals surface area contributed by atoms with Crippen LogP contribution < -0.4 is 5.32 Å². The van der Waals surface area contributed by atoms with Gasteiger partial charge in [-0.25, -0.2) is 14.3 Å². The Morgan fingerprint density at radius 2 is 1.91 bits per heavy atom. The smallest absolute Gasteiger partial charge is 0.339 e. The maximum atomic E-state index is 12.5. The molecule has 0 atom stereocenters. The standard InChI is InChI=1S/C24H22N4O3S/c1-3-16-8-10-17(11-9-16)20-14-21-23(25-12-13-28(21)27-20)32-15-22(29)26-19-7-5-4-6-18(19)24(30)31-2/h4-14H,3,15H2,1-2H3,(H,26,29). The van der Waals surface area contributed by atoms with Crippen LogP contribution in [0.4, 0.5) is 5.69 Å². The number of para-hydroxylation sites is 1. The maximum Gasteiger partial charge on any atom is 0.339 e. The minimum absolute atomic E-state index is 0.133. The summed E-state index contributed by atoms with van der Waals surface area (Å²) in [5, 5.41) is 8.12. The molecule has 0 bridgehead atoms. The fraction of sp³-hybridized carbons (Fsp3) is 0.167. The average Bonchev–Trinajstić information content (AvgIpc) is 3.27. The summed E-state index contributed by atoms with van der Waals surface area (Å²) < 4.78 is 6.54. The monoisotopic (exact) mass is 446 g/mol. The highest BCUT2D eigenvalue weighted by atomic mass is 32.2. The number of nitrogens with one attached hydrogen (secondary N) is 1. The van der Waals surface area contributed by atoms with Crippen LogP contribution in [0.1, 0.15) is 22.8 Å². The van der Waals surface area contributed by atoms with Gasteiger partial charge in [0, 0.05) is 18.0 Å². The van der Waals surface area contributed by atoms with Crippen molar-refractivity contribution in [2.75, 3.05) is 18.2 Å². The van der Waals surface area contributed by atoms with E-state index in [0.717, 1.165) is 23.2 Å². The zero-order chi connectivity index (χ0) is 22.5. The van der Waals surface area contributed by atoms with Gasteiger partial charge in [-0.1, -0.05) is 55.1 Å². The van der Waals surface area contributed by atoms with Crippen molar-refractivity contribution >= 4 is 34.8 Å². The van der Waals surface area contributed by atoms with Crippen LogP contribution in [0.15, 0.2) is 72.0 Å². The SMILES string of the molecule is CCc1ccc(-c2cc3c(SCC(=O)Nc4ccccc4C(=O)OC)nccn3n2)cc1. The molecule has 32 heavy (non-hydrogen) atoms. The molecule has 0 spiro atoms. The molecule has 162 valence electrons. The highest BCUT2D eigenvalue weighted by Gasteiger charge is 2.15. The number of nitrogens with zero attached hydrogens (tertiary/aromatic N) is 3. The minimum atomic E-state index is -0.501.